The highest BCUT2D eigenvalue weighted by Gasteiger charge is 2.25. The zero-order valence-corrected chi connectivity index (χ0v) is 14.1. The van der Waals surface area contributed by atoms with E-state index in [1.807, 2.05) is 35.9 Å². The second-order valence-electron chi connectivity index (χ2n) is 4.94. The summed E-state index contributed by atoms with van der Waals surface area (Å²) in [7, 11) is 1.84. The maximum absolute atomic E-state index is 12.3. The van der Waals surface area contributed by atoms with Crippen LogP contribution in [0.5, 0.6) is 0 Å². The maximum Gasteiger partial charge on any atom is 0.264 e. The SMILES string of the molecule is CNCCC(=O)N1CCN(C(=O)c2ccc(C)s2)CC1.Cl. The topological polar surface area (TPSA) is 52.7 Å². The van der Waals surface area contributed by atoms with Crippen LogP contribution in [0.2, 0.25) is 0 Å². The molecule has 118 valence electrons. The first-order chi connectivity index (χ1) is 9.61. The molecular weight excluding hydrogens is 310 g/mol. The number of thiophene rings is 1. The Bertz CT molecular complexity index is 484. The number of aryl methyl sites for hydroxylation is 1. The van der Waals surface area contributed by atoms with E-state index in [1.165, 1.54) is 11.3 Å². The van der Waals surface area contributed by atoms with Gasteiger partial charge in [-0.2, -0.15) is 0 Å². The van der Waals surface area contributed by atoms with Crippen molar-refractivity contribution in [3.8, 4) is 0 Å². The Labute approximate surface area is 135 Å². The number of rotatable bonds is 4. The van der Waals surface area contributed by atoms with Crippen molar-refractivity contribution in [1.82, 2.24) is 15.1 Å². The summed E-state index contributed by atoms with van der Waals surface area (Å²) in [4.78, 5) is 29.8. The second kappa shape index (κ2) is 8.36. The van der Waals surface area contributed by atoms with Crippen LogP contribution in [0.1, 0.15) is 21.0 Å². The Hall–Kier alpha value is -1.11. The molecule has 1 N–H and O–H groups in total. The molecule has 1 fully saturated rings. The third-order valence-electron chi connectivity index (χ3n) is 3.46. The van der Waals surface area contributed by atoms with Crippen LogP contribution < -0.4 is 5.32 Å². The minimum Gasteiger partial charge on any atom is -0.339 e. The fraction of sp³-hybridized carbons (Fsp3) is 0.571. The van der Waals surface area contributed by atoms with E-state index in [9.17, 15) is 9.59 Å². The van der Waals surface area contributed by atoms with Gasteiger partial charge in [0.05, 0.1) is 4.88 Å². The van der Waals surface area contributed by atoms with Crippen LogP contribution in [0, 0.1) is 6.92 Å². The van der Waals surface area contributed by atoms with Crippen molar-refractivity contribution in [3.63, 3.8) is 0 Å². The standard InChI is InChI=1S/C14H21N3O2S.ClH/c1-11-3-4-12(20-11)14(19)17-9-7-16(8-10-17)13(18)5-6-15-2;/h3-4,15H,5-10H2,1-2H3;1H. The summed E-state index contributed by atoms with van der Waals surface area (Å²) in [5, 5.41) is 2.98. The van der Waals surface area contributed by atoms with E-state index in [-0.39, 0.29) is 24.2 Å². The quantitative estimate of drug-likeness (QED) is 0.906. The Morgan fingerprint density at radius 2 is 1.81 bits per heavy atom. The second-order valence-corrected chi connectivity index (χ2v) is 6.22. The number of hydrogen-bond acceptors (Lipinski definition) is 4. The van der Waals surface area contributed by atoms with Crippen LogP contribution >= 0.6 is 23.7 Å². The van der Waals surface area contributed by atoms with Crippen molar-refractivity contribution < 1.29 is 9.59 Å². The molecule has 0 aromatic carbocycles. The Kier molecular flexibility index (Phi) is 7.14. The summed E-state index contributed by atoms with van der Waals surface area (Å²) in [6, 6.07) is 3.85. The number of nitrogens with one attached hydrogen (secondary N) is 1. The zero-order valence-electron chi connectivity index (χ0n) is 12.4. The van der Waals surface area contributed by atoms with E-state index in [0.29, 0.717) is 39.1 Å². The number of amides is 2. The number of halogens is 1. The predicted molar refractivity (Wildman–Crippen MR) is 87.3 cm³/mol. The van der Waals surface area contributed by atoms with Gasteiger partial charge in [-0.1, -0.05) is 0 Å². The Morgan fingerprint density at radius 1 is 1.19 bits per heavy atom. The van der Waals surface area contributed by atoms with Crippen LogP contribution in [0.15, 0.2) is 12.1 Å². The van der Waals surface area contributed by atoms with Gasteiger partial charge in [0.15, 0.2) is 0 Å². The van der Waals surface area contributed by atoms with Gasteiger partial charge < -0.3 is 15.1 Å². The molecule has 0 saturated carbocycles. The predicted octanol–water partition coefficient (Wildman–Crippen LogP) is 1.37. The largest absolute Gasteiger partial charge is 0.339 e. The van der Waals surface area contributed by atoms with Gasteiger partial charge in [-0.05, 0) is 26.1 Å². The monoisotopic (exact) mass is 331 g/mol. The summed E-state index contributed by atoms with van der Waals surface area (Å²) in [5.74, 6) is 0.254. The summed E-state index contributed by atoms with van der Waals surface area (Å²) >= 11 is 1.53. The van der Waals surface area contributed by atoms with Crippen molar-refractivity contribution in [3.05, 3.63) is 21.9 Å². The molecule has 1 aromatic rings. The first kappa shape index (κ1) is 17.9. The number of hydrogen-bond donors (Lipinski definition) is 1. The van der Waals surface area contributed by atoms with E-state index < -0.39 is 0 Å². The average molecular weight is 332 g/mol. The van der Waals surface area contributed by atoms with Gasteiger partial charge in [-0.25, -0.2) is 0 Å². The summed E-state index contributed by atoms with van der Waals surface area (Å²) in [6.07, 6.45) is 0.522. The molecular formula is C14H22ClN3O2S. The number of carbonyl (C=O) groups is 2. The molecule has 2 heterocycles. The van der Waals surface area contributed by atoms with Crippen LogP contribution in [0.3, 0.4) is 0 Å². The Morgan fingerprint density at radius 3 is 2.33 bits per heavy atom. The molecule has 1 aliphatic rings. The average Bonchev–Trinajstić information content (AvgIpc) is 2.90. The van der Waals surface area contributed by atoms with E-state index in [4.69, 9.17) is 0 Å². The van der Waals surface area contributed by atoms with Crippen molar-refractivity contribution in [2.45, 2.75) is 13.3 Å². The van der Waals surface area contributed by atoms with Gasteiger partial charge in [0.2, 0.25) is 5.91 Å². The molecule has 1 saturated heterocycles. The lowest BCUT2D eigenvalue weighted by molar-refractivity contribution is -0.132. The highest BCUT2D eigenvalue weighted by Crippen LogP contribution is 2.18. The van der Waals surface area contributed by atoms with E-state index in [1.54, 1.807) is 0 Å². The van der Waals surface area contributed by atoms with E-state index in [0.717, 1.165) is 9.75 Å². The van der Waals surface area contributed by atoms with Crippen molar-refractivity contribution in [2.75, 3.05) is 39.8 Å². The van der Waals surface area contributed by atoms with Gasteiger partial charge in [0.25, 0.3) is 5.91 Å². The molecule has 5 nitrogen and oxygen atoms in total. The lowest BCUT2D eigenvalue weighted by Gasteiger charge is -2.34. The zero-order chi connectivity index (χ0) is 14.5. The highest BCUT2D eigenvalue weighted by atomic mass is 35.5. The van der Waals surface area contributed by atoms with Gasteiger partial charge in [-0.15, -0.1) is 23.7 Å². The number of piperazine rings is 1. The fourth-order valence-electron chi connectivity index (χ4n) is 2.25. The molecule has 0 aliphatic carbocycles. The van der Waals surface area contributed by atoms with Crippen LogP contribution in [-0.4, -0.2) is 61.4 Å². The van der Waals surface area contributed by atoms with Crippen molar-refractivity contribution >= 4 is 35.6 Å². The summed E-state index contributed by atoms with van der Waals surface area (Å²) < 4.78 is 0. The van der Waals surface area contributed by atoms with Crippen LogP contribution in [-0.2, 0) is 4.79 Å². The van der Waals surface area contributed by atoms with Crippen molar-refractivity contribution in [2.24, 2.45) is 0 Å². The molecule has 2 amide bonds. The first-order valence-corrected chi connectivity index (χ1v) is 7.71. The minimum atomic E-state index is 0. The molecule has 21 heavy (non-hydrogen) atoms. The third-order valence-corrected chi connectivity index (χ3v) is 4.45. The van der Waals surface area contributed by atoms with Gasteiger partial charge >= 0.3 is 0 Å². The van der Waals surface area contributed by atoms with Crippen LogP contribution in [0.4, 0.5) is 0 Å². The van der Waals surface area contributed by atoms with Crippen molar-refractivity contribution in [1.29, 1.82) is 0 Å². The molecule has 0 atom stereocenters. The lowest BCUT2D eigenvalue weighted by atomic mass is 10.2. The summed E-state index contributed by atoms with van der Waals surface area (Å²) in [5.41, 5.74) is 0. The molecule has 0 spiro atoms. The van der Waals surface area contributed by atoms with Gasteiger partial charge in [0.1, 0.15) is 0 Å². The van der Waals surface area contributed by atoms with Crippen LogP contribution in [0.25, 0.3) is 0 Å². The Balaban J connectivity index is 0.00000220. The fourth-order valence-corrected chi connectivity index (χ4v) is 3.09. The maximum atomic E-state index is 12.3. The molecule has 0 radical (unpaired) electrons. The minimum absolute atomic E-state index is 0. The molecule has 0 unspecified atom stereocenters. The smallest absolute Gasteiger partial charge is 0.264 e. The van der Waals surface area contributed by atoms with Gasteiger partial charge in [0, 0.05) is 44.0 Å². The third kappa shape index (κ3) is 4.69. The lowest BCUT2D eigenvalue weighted by Crippen LogP contribution is -2.50. The van der Waals surface area contributed by atoms with E-state index >= 15 is 0 Å². The molecule has 1 aliphatic heterocycles. The van der Waals surface area contributed by atoms with Gasteiger partial charge in [-0.3, -0.25) is 9.59 Å². The number of carbonyl (C=O) groups excluding carboxylic acids is 2. The number of nitrogens with zero attached hydrogens (tertiary/aromatic N) is 2. The molecule has 1 aromatic heterocycles. The molecule has 7 heteroatoms. The summed E-state index contributed by atoms with van der Waals surface area (Å²) in [6.45, 7) is 5.23. The molecule has 0 bridgehead atoms. The normalized spacial score (nSPS) is 14.8. The highest BCUT2D eigenvalue weighted by molar-refractivity contribution is 7.13. The first-order valence-electron chi connectivity index (χ1n) is 6.90. The molecule has 2 rings (SSSR count). The van der Waals surface area contributed by atoms with E-state index in [2.05, 4.69) is 5.32 Å².